The summed E-state index contributed by atoms with van der Waals surface area (Å²) in [5, 5.41) is 0.148. The first kappa shape index (κ1) is 21.0. The van der Waals surface area contributed by atoms with Crippen LogP contribution in [-0.4, -0.2) is 20.4 Å². The molecule has 3 nitrogen and oxygen atoms in total. The molecule has 0 amide bonds. The Hall–Kier alpha value is -1.29. The van der Waals surface area contributed by atoms with Crippen LogP contribution in [0.1, 0.15) is 81.6 Å². The second-order valence-corrected chi connectivity index (χ2v) is 13.9. The predicted molar refractivity (Wildman–Crippen MR) is 111 cm³/mol. The van der Waals surface area contributed by atoms with Gasteiger partial charge in [0.15, 0.2) is 0 Å². The molecule has 1 aliphatic rings. The second kappa shape index (κ2) is 8.60. The van der Waals surface area contributed by atoms with Gasteiger partial charge >= 0.3 is 5.97 Å². The smallest absolute Gasteiger partial charge is 0.338 e. The van der Waals surface area contributed by atoms with Crippen LogP contribution in [-0.2, 0) is 4.74 Å². The summed E-state index contributed by atoms with van der Waals surface area (Å²) >= 11 is 0. The Kier molecular flexibility index (Phi) is 6.95. The topological polar surface area (TPSA) is 35.5 Å². The molecule has 0 saturated heterocycles. The molecule has 0 N–H and O–H groups in total. The van der Waals surface area contributed by atoms with Gasteiger partial charge in [-0.15, -0.1) is 0 Å². The van der Waals surface area contributed by atoms with Crippen LogP contribution in [0, 0.1) is 6.92 Å². The molecule has 0 atom stereocenters. The van der Waals surface area contributed by atoms with E-state index < -0.39 is 8.32 Å². The van der Waals surface area contributed by atoms with Crippen molar-refractivity contribution in [1.82, 2.24) is 0 Å². The largest absolute Gasteiger partial charge is 0.543 e. The number of rotatable bonds is 4. The van der Waals surface area contributed by atoms with Gasteiger partial charge in [0, 0.05) is 0 Å². The van der Waals surface area contributed by atoms with Gasteiger partial charge in [-0.3, -0.25) is 0 Å². The van der Waals surface area contributed by atoms with Crippen molar-refractivity contribution < 1.29 is 14.0 Å². The minimum atomic E-state index is -1.88. The van der Waals surface area contributed by atoms with Crippen molar-refractivity contribution >= 4 is 14.3 Å². The lowest BCUT2D eigenvalue weighted by molar-refractivity contribution is 0.0239. The highest BCUT2D eigenvalue weighted by Crippen LogP contribution is 2.38. The molecule has 1 aromatic carbocycles. The van der Waals surface area contributed by atoms with Gasteiger partial charge in [-0.05, 0) is 74.5 Å². The molecule has 0 aromatic heterocycles. The lowest BCUT2D eigenvalue weighted by Gasteiger charge is -2.37. The highest BCUT2D eigenvalue weighted by atomic mass is 28.4. The van der Waals surface area contributed by atoms with Crippen LogP contribution < -0.4 is 4.43 Å². The van der Waals surface area contributed by atoms with E-state index in [1.807, 2.05) is 25.1 Å². The third kappa shape index (κ3) is 5.60. The summed E-state index contributed by atoms with van der Waals surface area (Å²) in [5.41, 5.74) is 1.63. The fourth-order valence-corrected chi connectivity index (χ4v) is 4.16. The molecule has 0 heterocycles. The highest BCUT2D eigenvalue weighted by Gasteiger charge is 2.39. The third-order valence-electron chi connectivity index (χ3n) is 5.91. The van der Waals surface area contributed by atoms with Gasteiger partial charge in [0.1, 0.15) is 11.9 Å². The first-order chi connectivity index (χ1) is 12.1. The molecule has 1 aliphatic carbocycles. The normalized spacial score (nSPS) is 17.3. The number of hydrogen-bond donors (Lipinski definition) is 0. The number of hydrogen-bond acceptors (Lipinski definition) is 3. The molecule has 4 heteroatoms. The first-order valence-electron chi connectivity index (χ1n) is 10.1. The van der Waals surface area contributed by atoms with Crippen LogP contribution in [0.2, 0.25) is 18.1 Å². The van der Waals surface area contributed by atoms with Gasteiger partial charge in [-0.25, -0.2) is 4.79 Å². The van der Waals surface area contributed by atoms with Gasteiger partial charge in [-0.2, -0.15) is 0 Å². The average Bonchev–Trinajstić information content (AvgIpc) is 2.50. The van der Waals surface area contributed by atoms with E-state index in [1.165, 1.54) is 19.3 Å². The number of aryl methyl sites for hydroxylation is 1. The maximum Gasteiger partial charge on any atom is 0.338 e. The van der Waals surface area contributed by atoms with Gasteiger partial charge in [0.25, 0.3) is 0 Å². The first-order valence-corrected chi connectivity index (χ1v) is 13.0. The van der Waals surface area contributed by atoms with E-state index in [4.69, 9.17) is 9.16 Å². The maximum atomic E-state index is 12.6. The van der Waals surface area contributed by atoms with Gasteiger partial charge in [-0.1, -0.05) is 40.0 Å². The number of esters is 1. The molecule has 0 bridgehead atoms. The van der Waals surface area contributed by atoms with E-state index in [9.17, 15) is 4.79 Å². The molecule has 0 aliphatic heterocycles. The zero-order chi connectivity index (χ0) is 19.4. The summed E-state index contributed by atoms with van der Waals surface area (Å²) < 4.78 is 12.2. The van der Waals surface area contributed by atoms with E-state index >= 15 is 0 Å². The van der Waals surface area contributed by atoms with Crippen molar-refractivity contribution in [3.05, 3.63) is 29.3 Å². The Morgan fingerprint density at radius 1 is 1.04 bits per heavy atom. The van der Waals surface area contributed by atoms with Gasteiger partial charge in [0.2, 0.25) is 8.32 Å². The lowest BCUT2D eigenvalue weighted by atomic mass is 9.98. The third-order valence-corrected chi connectivity index (χ3v) is 10.3. The number of ether oxygens (including phenoxy) is 1. The number of carbonyl (C=O) groups is 1. The molecule has 2 rings (SSSR count). The van der Waals surface area contributed by atoms with Crippen molar-refractivity contribution in [2.75, 3.05) is 0 Å². The van der Waals surface area contributed by atoms with E-state index in [-0.39, 0.29) is 17.1 Å². The molecule has 0 spiro atoms. The summed E-state index contributed by atoms with van der Waals surface area (Å²) in [6.07, 6.45) is 8.22. The molecular weight excluding hydrogens is 340 g/mol. The number of benzene rings is 1. The molecule has 146 valence electrons. The fraction of sp³-hybridized carbons (Fsp3) is 0.682. The Bertz CT molecular complexity index is 608. The quantitative estimate of drug-likeness (QED) is 0.436. The second-order valence-electron chi connectivity index (χ2n) is 9.22. The number of carbonyl (C=O) groups excluding carboxylic acids is 1. The standard InChI is InChI=1S/C22H36O3Si/c1-17-16-18(14-15-20(17)25-26(5,6)22(2,3)4)21(23)24-19-12-10-8-7-9-11-13-19/h14-16,19H,7-13H2,1-6H3. The van der Waals surface area contributed by atoms with E-state index in [2.05, 4.69) is 33.9 Å². The van der Waals surface area contributed by atoms with Crippen molar-refractivity contribution in [2.24, 2.45) is 0 Å². The molecule has 26 heavy (non-hydrogen) atoms. The van der Waals surface area contributed by atoms with Crippen LogP contribution in [0.3, 0.4) is 0 Å². The summed E-state index contributed by atoms with van der Waals surface area (Å²) in [5.74, 6) is 0.691. The average molecular weight is 377 g/mol. The molecule has 1 fully saturated rings. The minimum absolute atomic E-state index is 0.0752. The molecular formula is C22H36O3Si. The Morgan fingerprint density at radius 2 is 1.62 bits per heavy atom. The van der Waals surface area contributed by atoms with Crippen LogP contribution in [0.25, 0.3) is 0 Å². The zero-order valence-electron chi connectivity index (χ0n) is 17.5. The maximum absolute atomic E-state index is 12.6. The fourth-order valence-electron chi connectivity index (χ4n) is 3.07. The Labute approximate surface area is 160 Å². The van der Waals surface area contributed by atoms with E-state index in [0.717, 1.165) is 37.0 Å². The SMILES string of the molecule is Cc1cc(C(=O)OC2CCCCCCC2)ccc1O[Si](C)(C)C(C)(C)C. The Morgan fingerprint density at radius 3 is 2.15 bits per heavy atom. The monoisotopic (exact) mass is 376 g/mol. The Balaban J connectivity index is 2.04. The van der Waals surface area contributed by atoms with Crippen LogP contribution in [0.4, 0.5) is 0 Å². The summed E-state index contributed by atoms with van der Waals surface area (Å²) in [7, 11) is -1.88. The van der Waals surface area contributed by atoms with Gasteiger partial charge in [0.05, 0.1) is 5.56 Å². The van der Waals surface area contributed by atoms with E-state index in [0.29, 0.717) is 5.56 Å². The van der Waals surface area contributed by atoms with Crippen molar-refractivity contribution in [1.29, 1.82) is 0 Å². The summed E-state index contributed by atoms with van der Waals surface area (Å²) in [4.78, 5) is 12.6. The lowest BCUT2D eigenvalue weighted by Crippen LogP contribution is -2.44. The summed E-state index contributed by atoms with van der Waals surface area (Å²) in [6.45, 7) is 13.2. The minimum Gasteiger partial charge on any atom is -0.543 e. The molecule has 0 unspecified atom stereocenters. The highest BCUT2D eigenvalue weighted by molar-refractivity contribution is 6.74. The van der Waals surface area contributed by atoms with Crippen LogP contribution >= 0.6 is 0 Å². The molecule has 1 aromatic rings. The van der Waals surface area contributed by atoms with Gasteiger partial charge < -0.3 is 9.16 Å². The van der Waals surface area contributed by atoms with Crippen LogP contribution in [0.5, 0.6) is 5.75 Å². The van der Waals surface area contributed by atoms with Crippen LogP contribution in [0.15, 0.2) is 18.2 Å². The van der Waals surface area contributed by atoms with E-state index in [1.54, 1.807) is 0 Å². The predicted octanol–water partition coefficient (Wildman–Crippen LogP) is 6.65. The molecule has 0 radical (unpaired) electrons. The van der Waals surface area contributed by atoms with Crippen molar-refractivity contribution in [2.45, 2.75) is 96.9 Å². The summed E-state index contributed by atoms with van der Waals surface area (Å²) in [6, 6.07) is 5.69. The van der Waals surface area contributed by atoms with Crippen molar-refractivity contribution in [3.8, 4) is 5.75 Å². The van der Waals surface area contributed by atoms with Crippen molar-refractivity contribution in [3.63, 3.8) is 0 Å². The molecule has 1 saturated carbocycles. The zero-order valence-corrected chi connectivity index (χ0v) is 18.5.